The predicted molar refractivity (Wildman–Crippen MR) is 55.6 cm³/mol. The van der Waals surface area contributed by atoms with Gasteiger partial charge in [-0.25, -0.2) is 8.78 Å². The van der Waals surface area contributed by atoms with Gasteiger partial charge in [-0.1, -0.05) is 29.8 Å². The predicted octanol–water partition coefficient (Wildman–Crippen LogP) is 4.09. The van der Waals surface area contributed by atoms with Crippen LogP contribution in [0.3, 0.4) is 0 Å². The normalized spacial score (nSPS) is 10.3. The van der Waals surface area contributed by atoms with E-state index in [0.717, 1.165) is 17.7 Å². The highest BCUT2D eigenvalue weighted by molar-refractivity contribution is 6.30. The van der Waals surface area contributed by atoms with Crippen LogP contribution in [-0.4, -0.2) is 0 Å². The van der Waals surface area contributed by atoms with E-state index in [4.69, 9.17) is 11.6 Å². The van der Waals surface area contributed by atoms with Gasteiger partial charge < -0.3 is 0 Å². The summed E-state index contributed by atoms with van der Waals surface area (Å²) in [5, 5.41) is 0.442. The third-order valence-electron chi connectivity index (χ3n) is 2.02. The highest BCUT2D eigenvalue weighted by Crippen LogP contribution is 2.23. The second-order valence-corrected chi connectivity index (χ2v) is 3.46. The van der Waals surface area contributed by atoms with Gasteiger partial charge in [0.15, 0.2) is 11.6 Å². The van der Waals surface area contributed by atoms with Crippen LogP contribution in [0.15, 0.2) is 36.4 Å². The highest BCUT2D eigenvalue weighted by atomic mass is 35.5. The molecule has 0 bridgehead atoms. The molecular formula is C12H6ClF2. The Morgan fingerprint density at radius 1 is 0.933 bits per heavy atom. The Morgan fingerprint density at radius 3 is 2.33 bits per heavy atom. The SMILES string of the molecule is Fc1ccc(-c2cc[c]c(Cl)c2)cc1F. The Hall–Kier alpha value is -1.41. The van der Waals surface area contributed by atoms with E-state index in [1.807, 2.05) is 0 Å². The van der Waals surface area contributed by atoms with Gasteiger partial charge in [0.1, 0.15) is 0 Å². The highest BCUT2D eigenvalue weighted by Gasteiger charge is 2.04. The van der Waals surface area contributed by atoms with Crippen molar-refractivity contribution < 1.29 is 8.78 Å². The van der Waals surface area contributed by atoms with Gasteiger partial charge in [-0.2, -0.15) is 0 Å². The van der Waals surface area contributed by atoms with Crippen molar-refractivity contribution in [2.75, 3.05) is 0 Å². The molecule has 0 nitrogen and oxygen atoms in total. The van der Waals surface area contributed by atoms with Crippen LogP contribution in [0.5, 0.6) is 0 Å². The molecular weight excluding hydrogens is 218 g/mol. The zero-order valence-corrected chi connectivity index (χ0v) is 8.35. The third kappa shape index (κ3) is 2.16. The standard InChI is InChI=1S/C12H6ClF2/c13-10-3-1-2-8(6-10)9-4-5-11(14)12(15)7-9/h1-2,4-7H. The summed E-state index contributed by atoms with van der Waals surface area (Å²) in [6.07, 6.45) is 0. The Morgan fingerprint density at radius 2 is 1.67 bits per heavy atom. The van der Waals surface area contributed by atoms with Crippen molar-refractivity contribution in [2.45, 2.75) is 0 Å². The molecule has 0 heterocycles. The topological polar surface area (TPSA) is 0 Å². The molecule has 0 spiro atoms. The minimum absolute atomic E-state index is 0.442. The molecule has 0 saturated carbocycles. The number of benzene rings is 2. The molecule has 75 valence electrons. The summed E-state index contributed by atoms with van der Waals surface area (Å²) in [5.41, 5.74) is 1.32. The van der Waals surface area contributed by atoms with Crippen molar-refractivity contribution >= 4 is 11.6 Å². The van der Waals surface area contributed by atoms with Gasteiger partial charge in [-0.15, -0.1) is 0 Å². The summed E-state index contributed by atoms with van der Waals surface area (Å²) in [6, 6.07) is 11.5. The maximum absolute atomic E-state index is 12.9. The molecule has 0 aliphatic carbocycles. The summed E-state index contributed by atoms with van der Waals surface area (Å²) < 4.78 is 25.6. The van der Waals surface area contributed by atoms with E-state index in [0.29, 0.717) is 10.6 Å². The van der Waals surface area contributed by atoms with Crippen LogP contribution < -0.4 is 0 Å². The van der Waals surface area contributed by atoms with Gasteiger partial charge in [0, 0.05) is 11.1 Å². The van der Waals surface area contributed by atoms with Crippen LogP contribution in [0.1, 0.15) is 0 Å². The van der Waals surface area contributed by atoms with E-state index in [2.05, 4.69) is 6.07 Å². The molecule has 15 heavy (non-hydrogen) atoms. The van der Waals surface area contributed by atoms with Crippen molar-refractivity contribution in [2.24, 2.45) is 0 Å². The average Bonchev–Trinajstić information content (AvgIpc) is 2.22. The molecule has 2 aromatic carbocycles. The molecule has 1 radical (unpaired) electrons. The Bertz CT molecular complexity index is 495. The lowest BCUT2D eigenvalue weighted by molar-refractivity contribution is 0.509. The van der Waals surface area contributed by atoms with Crippen LogP contribution in [0.2, 0.25) is 5.02 Å². The molecule has 0 aliphatic heterocycles. The molecule has 0 fully saturated rings. The van der Waals surface area contributed by atoms with E-state index < -0.39 is 11.6 Å². The summed E-state index contributed by atoms with van der Waals surface area (Å²) in [6.45, 7) is 0. The van der Waals surface area contributed by atoms with Crippen LogP contribution >= 0.6 is 11.6 Å². The first-order chi connectivity index (χ1) is 7.16. The van der Waals surface area contributed by atoms with Crippen molar-refractivity contribution in [3.63, 3.8) is 0 Å². The van der Waals surface area contributed by atoms with Crippen molar-refractivity contribution in [1.29, 1.82) is 0 Å². The molecule has 0 atom stereocenters. The van der Waals surface area contributed by atoms with Crippen molar-refractivity contribution in [3.05, 3.63) is 59.1 Å². The minimum atomic E-state index is -0.864. The molecule has 3 heteroatoms. The molecule has 0 saturated heterocycles. The molecule has 2 rings (SSSR count). The second kappa shape index (κ2) is 3.99. The smallest absolute Gasteiger partial charge is 0.159 e. The maximum Gasteiger partial charge on any atom is 0.159 e. The van der Waals surface area contributed by atoms with E-state index in [9.17, 15) is 8.78 Å². The van der Waals surface area contributed by atoms with E-state index in [-0.39, 0.29) is 0 Å². The average molecular weight is 224 g/mol. The Kier molecular flexibility index (Phi) is 2.69. The van der Waals surface area contributed by atoms with Crippen LogP contribution in [0.25, 0.3) is 11.1 Å². The molecule has 0 N–H and O–H groups in total. The van der Waals surface area contributed by atoms with Gasteiger partial charge in [-0.3, -0.25) is 0 Å². The Balaban J connectivity index is 2.50. The fourth-order valence-electron chi connectivity index (χ4n) is 1.29. The van der Waals surface area contributed by atoms with Crippen LogP contribution in [0.4, 0.5) is 8.78 Å². The molecule has 0 aliphatic rings. The van der Waals surface area contributed by atoms with Gasteiger partial charge in [0.05, 0.1) is 0 Å². The number of halogens is 3. The summed E-state index contributed by atoms with van der Waals surface area (Å²) >= 11 is 5.74. The summed E-state index contributed by atoms with van der Waals surface area (Å²) in [4.78, 5) is 0. The third-order valence-corrected chi connectivity index (χ3v) is 2.24. The van der Waals surface area contributed by atoms with Crippen molar-refractivity contribution in [1.82, 2.24) is 0 Å². The number of hydrogen-bond acceptors (Lipinski definition) is 0. The fraction of sp³-hybridized carbons (Fsp3) is 0. The van der Waals surface area contributed by atoms with Gasteiger partial charge in [0.2, 0.25) is 0 Å². The molecule has 2 aromatic rings. The summed E-state index contributed by atoms with van der Waals surface area (Å²) in [7, 11) is 0. The minimum Gasteiger partial charge on any atom is -0.204 e. The lowest BCUT2D eigenvalue weighted by Gasteiger charge is -2.02. The lowest BCUT2D eigenvalue weighted by atomic mass is 10.1. The van der Waals surface area contributed by atoms with Gasteiger partial charge >= 0.3 is 0 Å². The zero-order valence-electron chi connectivity index (χ0n) is 7.60. The Labute approximate surface area is 91.1 Å². The number of rotatable bonds is 1. The largest absolute Gasteiger partial charge is 0.204 e. The monoisotopic (exact) mass is 223 g/mol. The van der Waals surface area contributed by atoms with Crippen LogP contribution in [-0.2, 0) is 0 Å². The van der Waals surface area contributed by atoms with Gasteiger partial charge in [-0.05, 0) is 29.3 Å². The van der Waals surface area contributed by atoms with E-state index >= 15 is 0 Å². The first kappa shape index (κ1) is 10.1. The molecule has 0 amide bonds. The van der Waals surface area contributed by atoms with Gasteiger partial charge in [0.25, 0.3) is 0 Å². The zero-order chi connectivity index (χ0) is 10.8. The second-order valence-electron chi connectivity index (χ2n) is 3.05. The van der Waals surface area contributed by atoms with Crippen molar-refractivity contribution in [3.8, 4) is 11.1 Å². The first-order valence-corrected chi connectivity index (χ1v) is 4.67. The molecule has 0 aromatic heterocycles. The van der Waals surface area contributed by atoms with Crippen LogP contribution in [0, 0.1) is 17.7 Å². The fourth-order valence-corrected chi connectivity index (χ4v) is 1.47. The number of hydrogen-bond donors (Lipinski definition) is 0. The molecule has 0 unspecified atom stereocenters. The van der Waals surface area contributed by atoms with E-state index in [1.165, 1.54) is 6.07 Å². The first-order valence-electron chi connectivity index (χ1n) is 4.29. The van der Waals surface area contributed by atoms with E-state index in [1.54, 1.807) is 18.2 Å². The maximum atomic E-state index is 12.9. The lowest BCUT2D eigenvalue weighted by Crippen LogP contribution is -1.85. The quantitative estimate of drug-likeness (QED) is 0.683. The summed E-state index contributed by atoms with van der Waals surface area (Å²) in [5.74, 6) is -1.72.